The van der Waals surface area contributed by atoms with Crippen molar-refractivity contribution in [3.63, 3.8) is 0 Å². The fraction of sp³-hybridized carbons (Fsp3) is 0.385. The van der Waals surface area contributed by atoms with E-state index in [-0.39, 0.29) is 18.4 Å². The summed E-state index contributed by atoms with van der Waals surface area (Å²) in [6.45, 7) is 1.66. The molecule has 1 fully saturated rings. The number of nitrogens with zero attached hydrogens (tertiary/aromatic N) is 1. The molecule has 2 amide bonds. The largest absolute Gasteiger partial charge is 0.343 e. The second kappa shape index (κ2) is 6.52. The maximum atomic E-state index is 12.0. The number of hydrogen-bond acceptors (Lipinski definition) is 2. The molecule has 1 aliphatic heterocycles. The van der Waals surface area contributed by atoms with Crippen molar-refractivity contribution in [2.45, 2.75) is 12.8 Å². The summed E-state index contributed by atoms with van der Waals surface area (Å²) in [6, 6.07) is 5.36. The molecule has 19 heavy (non-hydrogen) atoms. The SMILES string of the molecule is O=C(NCC(=O)N1CCCC1)c1cc(Br)ccc1Br. The molecule has 0 radical (unpaired) electrons. The van der Waals surface area contributed by atoms with Crippen LogP contribution in [-0.4, -0.2) is 36.3 Å². The van der Waals surface area contributed by atoms with E-state index in [9.17, 15) is 9.59 Å². The van der Waals surface area contributed by atoms with E-state index in [0.29, 0.717) is 10.0 Å². The Balaban J connectivity index is 1.93. The van der Waals surface area contributed by atoms with Crippen LogP contribution in [-0.2, 0) is 4.79 Å². The summed E-state index contributed by atoms with van der Waals surface area (Å²) in [6.07, 6.45) is 2.10. The number of benzene rings is 1. The lowest BCUT2D eigenvalue weighted by molar-refractivity contribution is -0.129. The Labute approximate surface area is 128 Å². The fourth-order valence-corrected chi connectivity index (χ4v) is 2.79. The van der Waals surface area contributed by atoms with Crippen molar-refractivity contribution in [2.75, 3.05) is 19.6 Å². The number of hydrogen-bond donors (Lipinski definition) is 1. The molecule has 0 unspecified atom stereocenters. The summed E-state index contributed by atoms with van der Waals surface area (Å²) in [5, 5.41) is 2.66. The normalized spacial score (nSPS) is 14.5. The van der Waals surface area contributed by atoms with Crippen LogP contribution in [0, 0.1) is 0 Å². The minimum Gasteiger partial charge on any atom is -0.343 e. The van der Waals surface area contributed by atoms with Gasteiger partial charge in [-0.05, 0) is 47.0 Å². The molecule has 6 heteroatoms. The smallest absolute Gasteiger partial charge is 0.252 e. The maximum absolute atomic E-state index is 12.0. The number of carbonyl (C=O) groups excluding carboxylic acids is 2. The van der Waals surface area contributed by atoms with Gasteiger partial charge in [-0.2, -0.15) is 0 Å². The topological polar surface area (TPSA) is 49.4 Å². The molecule has 0 atom stereocenters. The standard InChI is InChI=1S/C13H14Br2N2O2/c14-9-3-4-11(15)10(7-9)13(19)16-8-12(18)17-5-1-2-6-17/h3-4,7H,1-2,5-6,8H2,(H,16,19). The van der Waals surface area contributed by atoms with Gasteiger partial charge in [-0.15, -0.1) is 0 Å². The zero-order valence-corrected chi connectivity index (χ0v) is 13.5. The van der Waals surface area contributed by atoms with Gasteiger partial charge in [0.15, 0.2) is 0 Å². The molecule has 1 saturated heterocycles. The van der Waals surface area contributed by atoms with Crippen molar-refractivity contribution >= 4 is 43.7 Å². The van der Waals surface area contributed by atoms with Crippen LogP contribution < -0.4 is 5.32 Å². The molecule has 1 aromatic rings. The van der Waals surface area contributed by atoms with Crippen LogP contribution >= 0.6 is 31.9 Å². The Kier molecular flexibility index (Phi) is 4.99. The van der Waals surface area contributed by atoms with Gasteiger partial charge in [0, 0.05) is 22.0 Å². The van der Waals surface area contributed by atoms with Crippen LogP contribution in [0.5, 0.6) is 0 Å². The van der Waals surface area contributed by atoms with E-state index in [1.54, 1.807) is 17.0 Å². The summed E-state index contributed by atoms with van der Waals surface area (Å²) >= 11 is 6.65. The van der Waals surface area contributed by atoms with Crippen molar-refractivity contribution < 1.29 is 9.59 Å². The number of nitrogens with one attached hydrogen (secondary N) is 1. The highest BCUT2D eigenvalue weighted by atomic mass is 79.9. The third-order valence-corrected chi connectivity index (χ3v) is 4.22. The lowest BCUT2D eigenvalue weighted by Crippen LogP contribution is -2.38. The summed E-state index contributed by atoms with van der Waals surface area (Å²) in [4.78, 5) is 25.6. The molecule has 1 heterocycles. The molecular weight excluding hydrogens is 376 g/mol. The molecule has 1 aliphatic rings. The van der Waals surface area contributed by atoms with Crippen molar-refractivity contribution in [2.24, 2.45) is 0 Å². The fourth-order valence-electron chi connectivity index (χ4n) is 2.00. The number of likely N-dealkylation sites (tertiary alicyclic amines) is 1. The van der Waals surface area contributed by atoms with Crippen LogP contribution in [0.4, 0.5) is 0 Å². The van der Waals surface area contributed by atoms with Gasteiger partial charge in [0.25, 0.3) is 5.91 Å². The number of rotatable bonds is 3. The van der Waals surface area contributed by atoms with Crippen molar-refractivity contribution in [1.29, 1.82) is 0 Å². The van der Waals surface area contributed by atoms with Crippen molar-refractivity contribution in [3.8, 4) is 0 Å². The quantitative estimate of drug-likeness (QED) is 0.863. The molecule has 0 spiro atoms. The molecule has 4 nitrogen and oxygen atoms in total. The molecule has 1 aromatic carbocycles. The predicted octanol–water partition coefficient (Wildman–Crippen LogP) is 2.56. The number of halogens is 2. The van der Waals surface area contributed by atoms with Crippen LogP contribution in [0.1, 0.15) is 23.2 Å². The van der Waals surface area contributed by atoms with Gasteiger partial charge >= 0.3 is 0 Å². The first-order valence-corrected chi connectivity index (χ1v) is 7.67. The van der Waals surface area contributed by atoms with Gasteiger partial charge in [0.1, 0.15) is 0 Å². The molecule has 0 saturated carbocycles. The number of amides is 2. The van der Waals surface area contributed by atoms with Crippen molar-refractivity contribution in [3.05, 3.63) is 32.7 Å². The maximum Gasteiger partial charge on any atom is 0.252 e. The Morgan fingerprint density at radius 1 is 1.21 bits per heavy atom. The van der Waals surface area contributed by atoms with Gasteiger partial charge in [0.05, 0.1) is 12.1 Å². The average Bonchev–Trinajstić information content (AvgIpc) is 2.92. The highest BCUT2D eigenvalue weighted by molar-refractivity contribution is 9.11. The van der Waals surface area contributed by atoms with Gasteiger partial charge in [-0.1, -0.05) is 15.9 Å². The summed E-state index contributed by atoms with van der Waals surface area (Å²) in [5.41, 5.74) is 0.517. The second-order valence-corrected chi connectivity index (χ2v) is 6.16. The molecule has 102 valence electrons. The van der Waals surface area contributed by atoms with Gasteiger partial charge in [-0.3, -0.25) is 9.59 Å². The van der Waals surface area contributed by atoms with Gasteiger partial charge in [-0.25, -0.2) is 0 Å². The Hall–Kier alpha value is -0.880. The first-order valence-electron chi connectivity index (χ1n) is 6.09. The summed E-state index contributed by atoms with van der Waals surface area (Å²) in [7, 11) is 0. The molecule has 0 aliphatic carbocycles. The van der Waals surface area contributed by atoms with Crippen molar-refractivity contribution in [1.82, 2.24) is 10.2 Å². The van der Waals surface area contributed by atoms with Crippen LogP contribution in [0.25, 0.3) is 0 Å². The van der Waals surface area contributed by atoms with Gasteiger partial charge < -0.3 is 10.2 Å². The first kappa shape index (κ1) is 14.5. The predicted molar refractivity (Wildman–Crippen MR) is 80.0 cm³/mol. The molecule has 0 aromatic heterocycles. The summed E-state index contributed by atoms with van der Waals surface area (Å²) in [5.74, 6) is -0.266. The Bertz CT molecular complexity index is 499. The van der Waals surface area contributed by atoms with E-state index in [4.69, 9.17) is 0 Å². The zero-order chi connectivity index (χ0) is 13.8. The van der Waals surface area contributed by atoms with Gasteiger partial charge in [0.2, 0.25) is 5.91 Å². The lowest BCUT2D eigenvalue weighted by atomic mass is 10.2. The van der Waals surface area contributed by atoms with E-state index >= 15 is 0 Å². The van der Waals surface area contributed by atoms with Crippen LogP contribution in [0.2, 0.25) is 0 Å². The lowest BCUT2D eigenvalue weighted by Gasteiger charge is -2.15. The average molecular weight is 390 g/mol. The number of carbonyl (C=O) groups is 2. The molecule has 0 bridgehead atoms. The minimum absolute atomic E-state index is 0.0167. The van der Waals surface area contributed by atoms with Crippen LogP contribution in [0.3, 0.4) is 0 Å². The van der Waals surface area contributed by atoms with E-state index in [0.717, 1.165) is 30.4 Å². The first-order chi connectivity index (χ1) is 9.08. The van der Waals surface area contributed by atoms with Crippen LogP contribution in [0.15, 0.2) is 27.1 Å². The highest BCUT2D eigenvalue weighted by Gasteiger charge is 2.19. The third-order valence-electron chi connectivity index (χ3n) is 3.03. The molecule has 2 rings (SSSR count). The summed E-state index contributed by atoms with van der Waals surface area (Å²) < 4.78 is 1.54. The monoisotopic (exact) mass is 388 g/mol. The zero-order valence-electron chi connectivity index (χ0n) is 10.3. The van der Waals surface area contributed by atoms with E-state index in [1.807, 2.05) is 6.07 Å². The molecular formula is C13H14Br2N2O2. The minimum atomic E-state index is -0.249. The van der Waals surface area contributed by atoms with E-state index in [1.165, 1.54) is 0 Å². The van der Waals surface area contributed by atoms with E-state index in [2.05, 4.69) is 37.2 Å². The Morgan fingerprint density at radius 3 is 2.58 bits per heavy atom. The van der Waals surface area contributed by atoms with E-state index < -0.39 is 0 Å². The second-order valence-electron chi connectivity index (χ2n) is 4.39. The third kappa shape index (κ3) is 3.79. The molecule has 1 N–H and O–H groups in total. The Morgan fingerprint density at radius 2 is 1.89 bits per heavy atom. The highest BCUT2D eigenvalue weighted by Crippen LogP contribution is 2.21.